The molecule has 0 aromatic rings. The van der Waals surface area contributed by atoms with Crippen LogP contribution in [-0.2, 0) is 28.8 Å². The first kappa shape index (κ1) is 22.8. The lowest BCUT2D eigenvalue weighted by molar-refractivity contribution is -0.150. The van der Waals surface area contributed by atoms with Gasteiger partial charge in [-0.25, -0.2) is 0 Å². The van der Waals surface area contributed by atoms with Crippen molar-refractivity contribution in [2.24, 2.45) is 32.5 Å². The highest BCUT2D eigenvalue weighted by Crippen LogP contribution is 2.70. The number of rotatable bonds is 5. The zero-order chi connectivity index (χ0) is 24.1. The second kappa shape index (κ2) is 6.14. The molecule has 8 nitrogen and oxygen atoms in total. The van der Waals surface area contributed by atoms with Gasteiger partial charge in [-0.3, -0.25) is 28.8 Å². The average molecular weight is 445 g/mol. The summed E-state index contributed by atoms with van der Waals surface area (Å²) >= 11 is 0. The molecule has 2 amide bonds. The van der Waals surface area contributed by atoms with Gasteiger partial charge in [0.2, 0.25) is 34.9 Å². The van der Waals surface area contributed by atoms with Gasteiger partial charge in [-0.1, -0.05) is 41.5 Å². The van der Waals surface area contributed by atoms with Crippen LogP contribution in [0.5, 0.6) is 0 Å². The van der Waals surface area contributed by atoms with Crippen LogP contribution in [0.3, 0.4) is 0 Å². The van der Waals surface area contributed by atoms with E-state index in [-0.39, 0.29) is 13.1 Å². The Morgan fingerprint density at radius 3 is 1.16 bits per heavy atom. The Balaban J connectivity index is 1.43. The maximum Gasteiger partial charge on any atom is 0.234 e. The molecule has 0 aromatic carbocycles. The molecule has 32 heavy (non-hydrogen) atoms. The van der Waals surface area contributed by atoms with E-state index in [1.807, 2.05) is 0 Å². The third-order valence-corrected chi connectivity index (χ3v) is 10.6. The first-order valence-electron chi connectivity index (χ1n) is 11.3. The molecule has 8 heteroatoms. The van der Waals surface area contributed by atoms with E-state index in [2.05, 4.69) is 10.6 Å². The van der Waals surface area contributed by atoms with Crippen LogP contribution < -0.4 is 10.6 Å². The lowest BCUT2D eigenvalue weighted by atomic mass is 9.64. The topological polar surface area (TPSA) is 126 Å². The molecule has 0 spiro atoms. The molecule has 174 valence electrons. The van der Waals surface area contributed by atoms with E-state index in [9.17, 15) is 28.8 Å². The van der Waals surface area contributed by atoms with Crippen LogP contribution in [0, 0.1) is 32.5 Å². The molecule has 0 aliphatic heterocycles. The van der Waals surface area contributed by atoms with Gasteiger partial charge in [0, 0.05) is 23.9 Å². The van der Waals surface area contributed by atoms with Crippen LogP contribution in [-0.4, -0.2) is 48.0 Å². The number of carbonyl (C=O) groups excluding carboxylic acids is 6. The number of Topliss-reactive ketones (excluding diaryl/α,β-unsaturated/α-hetero) is 4. The van der Waals surface area contributed by atoms with E-state index >= 15 is 0 Å². The third kappa shape index (κ3) is 2.01. The Bertz CT molecular complexity index is 932. The minimum Gasteiger partial charge on any atom is -0.353 e. The van der Waals surface area contributed by atoms with Crippen molar-refractivity contribution in [2.45, 2.75) is 67.2 Å². The molecule has 4 rings (SSSR count). The summed E-state index contributed by atoms with van der Waals surface area (Å²) in [6.07, 6.45) is 1.63. The van der Waals surface area contributed by atoms with Crippen molar-refractivity contribution >= 4 is 34.9 Å². The average Bonchev–Trinajstić information content (AvgIpc) is 3.16. The highest BCUT2D eigenvalue weighted by Gasteiger charge is 2.79. The molecule has 0 saturated heterocycles. The van der Waals surface area contributed by atoms with Crippen molar-refractivity contribution in [2.75, 3.05) is 13.1 Å². The number of ketones is 4. The van der Waals surface area contributed by atoms with Crippen molar-refractivity contribution in [3.05, 3.63) is 0 Å². The summed E-state index contributed by atoms with van der Waals surface area (Å²) in [6, 6.07) is 0. The lowest BCUT2D eigenvalue weighted by Crippen LogP contribution is -2.54. The number of fused-ring (bicyclic) bond motifs is 4. The van der Waals surface area contributed by atoms with Gasteiger partial charge in [-0.15, -0.1) is 0 Å². The van der Waals surface area contributed by atoms with Gasteiger partial charge in [-0.05, 0) is 36.5 Å². The maximum atomic E-state index is 13.1. The SMILES string of the molecule is CC12CCC(C(=O)NCCNC(=O)C34CCC(C)(C(=O)C3=O)C4(C)C)(C(=O)C1=O)C2(C)C. The normalized spacial score (nSPS) is 40.8. The third-order valence-electron chi connectivity index (χ3n) is 10.6. The van der Waals surface area contributed by atoms with Crippen LogP contribution in [0.4, 0.5) is 0 Å². The van der Waals surface area contributed by atoms with Crippen LogP contribution >= 0.6 is 0 Å². The van der Waals surface area contributed by atoms with E-state index in [4.69, 9.17) is 0 Å². The van der Waals surface area contributed by atoms with Gasteiger partial charge in [0.25, 0.3) is 0 Å². The molecular formula is C24H32N2O6. The number of carbonyl (C=O) groups is 6. The largest absolute Gasteiger partial charge is 0.353 e. The second-order valence-corrected chi connectivity index (χ2v) is 11.6. The fourth-order valence-corrected chi connectivity index (χ4v) is 7.20. The van der Waals surface area contributed by atoms with Crippen molar-refractivity contribution in [1.29, 1.82) is 0 Å². The molecular weight excluding hydrogens is 412 g/mol. The molecule has 4 fully saturated rings. The summed E-state index contributed by atoms with van der Waals surface area (Å²) in [5, 5.41) is 5.45. The Labute approximate surface area is 187 Å². The van der Waals surface area contributed by atoms with Crippen molar-refractivity contribution in [3.63, 3.8) is 0 Å². The smallest absolute Gasteiger partial charge is 0.234 e. The fraction of sp³-hybridized carbons (Fsp3) is 0.750. The first-order valence-corrected chi connectivity index (χ1v) is 11.3. The summed E-state index contributed by atoms with van der Waals surface area (Å²) in [5.41, 5.74) is -6.05. The molecule has 0 radical (unpaired) electrons. The molecule has 0 aromatic heterocycles. The van der Waals surface area contributed by atoms with E-state index in [1.165, 1.54) is 0 Å². The Hall–Kier alpha value is -2.38. The molecule has 4 atom stereocenters. The minimum atomic E-state index is -1.38. The van der Waals surface area contributed by atoms with Crippen LogP contribution in [0.1, 0.15) is 67.2 Å². The van der Waals surface area contributed by atoms with Crippen LogP contribution in [0.25, 0.3) is 0 Å². The Morgan fingerprint density at radius 1 is 0.594 bits per heavy atom. The molecule has 4 aliphatic carbocycles. The molecule has 4 unspecified atom stereocenters. The maximum absolute atomic E-state index is 13.1. The Morgan fingerprint density at radius 2 is 0.906 bits per heavy atom. The monoisotopic (exact) mass is 444 g/mol. The molecule has 0 heterocycles. The predicted molar refractivity (Wildman–Crippen MR) is 113 cm³/mol. The Kier molecular flexibility index (Phi) is 4.38. The number of hydrogen-bond donors (Lipinski definition) is 2. The number of hydrogen-bond acceptors (Lipinski definition) is 6. The number of amides is 2. The first-order chi connectivity index (χ1) is 14.6. The highest BCUT2D eigenvalue weighted by atomic mass is 16.2. The standard InChI is InChI=1S/C24H32N2O6/c1-19(2)21(5)7-9-23(19,15(29)13(21)27)17(31)25-11-12-26-18(32)24-10-8-22(6,20(24,3)4)14(28)16(24)30/h7-12H2,1-6H3,(H,25,31)(H,26,32). The predicted octanol–water partition coefficient (Wildman–Crippen LogP) is 1.15. The molecule has 4 aliphatic rings. The quantitative estimate of drug-likeness (QED) is 0.372. The van der Waals surface area contributed by atoms with Crippen LogP contribution in [0.2, 0.25) is 0 Å². The van der Waals surface area contributed by atoms with E-state index in [0.29, 0.717) is 25.7 Å². The van der Waals surface area contributed by atoms with Gasteiger partial charge in [-0.2, -0.15) is 0 Å². The van der Waals surface area contributed by atoms with Crippen molar-refractivity contribution in [3.8, 4) is 0 Å². The zero-order valence-electron chi connectivity index (χ0n) is 19.7. The van der Waals surface area contributed by atoms with Gasteiger partial charge in [0.15, 0.2) is 0 Å². The zero-order valence-corrected chi connectivity index (χ0v) is 19.7. The van der Waals surface area contributed by atoms with Gasteiger partial charge < -0.3 is 10.6 Å². The van der Waals surface area contributed by atoms with Crippen LogP contribution in [0.15, 0.2) is 0 Å². The highest BCUT2D eigenvalue weighted by molar-refractivity contribution is 6.49. The van der Waals surface area contributed by atoms with Crippen molar-refractivity contribution in [1.82, 2.24) is 10.6 Å². The summed E-state index contributed by atoms with van der Waals surface area (Å²) in [6.45, 7) is 10.8. The number of nitrogens with one attached hydrogen (secondary N) is 2. The summed E-state index contributed by atoms with van der Waals surface area (Å²) in [7, 11) is 0. The van der Waals surface area contributed by atoms with Gasteiger partial charge in [0.05, 0.1) is 0 Å². The summed E-state index contributed by atoms with van der Waals surface area (Å²) < 4.78 is 0. The second-order valence-electron chi connectivity index (χ2n) is 11.6. The molecule has 2 N–H and O–H groups in total. The summed E-state index contributed by atoms with van der Waals surface area (Å²) in [5.74, 6) is -3.19. The van der Waals surface area contributed by atoms with Gasteiger partial charge >= 0.3 is 0 Å². The fourth-order valence-electron chi connectivity index (χ4n) is 7.20. The minimum absolute atomic E-state index is 0.0521. The van der Waals surface area contributed by atoms with E-state index in [1.54, 1.807) is 41.5 Å². The van der Waals surface area contributed by atoms with E-state index < -0.39 is 67.4 Å². The van der Waals surface area contributed by atoms with Crippen molar-refractivity contribution < 1.29 is 28.8 Å². The molecule has 4 bridgehead atoms. The van der Waals surface area contributed by atoms with E-state index in [0.717, 1.165) is 0 Å². The van der Waals surface area contributed by atoms with Gasteiger partial charge in [0.1, 0.15) is 10.8 Å². The summed E-state index contributed by atoms with van der Waals surface area (Å²) in [4.78, 5) is 76.9. The lowest BCUT2D eigenvalue weighted by Gasteiger charge is -2.37. The molecule has 4 saturated carbocycles.